The minimum absolute atomic E-state index is 0.0169. The van der Waals surface area contributed by atoms with Crippen LogP contribution in [0.15, 0.2) is 79.0 Å². The molecule has 1 aliphatic rings. The van der Waals surface area contributed by atoms with Crippen molar-refractivity contribution in [3.63, 3.8) is 0 Å². The number of aromatic amines is 1. The number of amides is 1. The molecule has 6 heteroatoms. The Labute approximate surface area is 212 Å². The highest BCUT2D eigenvalue weighted by Crippen LogP contribution is 2.28. The van der Waals surface area contributed by atoms with Gasteiger partial charge in [0.15, 0.2) is 0 Å². The summed E-state index contributed by atoms with van der Waals surface area (Å²) in [5.41, 5.74) is 4.26. The van der Waals surface area contributed by atoms with Gasteiger partial charge in [0.2, 0.25) is 0 Å². The molecule has 1 saturated heterocycles. The number of H-pyrrole nitrogens is 1. The fourth-order valence-electron chi connectivity index (χ4n) is 5.21. The fourth-order valence-corrected chi connectivity index (χ4v) is 5.21. The molecule has 0 spiro atoms. The summed E-state index contributed by atoms with van der Waals surface area (Å²) in [6, 6.07) is 24.6. The maximum absolute atomic E-state index is 13.7. The number of likely N-dealkylation sites (tertiary alicyclic amines) is 1. The number of hydrogen-bond acceptors (Lipinski definition) is 4. The van der Waals surface area contributed by atoms with Gasteiger partial charge in [-0.15, -0.1) is 0 Å². The number of nitrogens with zero attached hydrogens (tertiary/aromatic N) is 1. The summed E-state index contributed by atoms with van der Waals surface area (Å²) in [7, 11) is 3.21. The van der Waals surface area contributed by atoms with Gasteiger partial charge in [-0.3, -0.25) is 4.79 Å². The number of fused-ring (bicyclic) bond motifs is 1. The third-order valence-corrected chi connectivity index (χ3v) is 7.15. The molecule has 186 valence electrons. The van der Waals surface area contributed by atoms with Crippen molar-refractivity contribution < 1.29 is 14.3 Å². The van der Waals surface area contributed by atoms with Gasteiger partial charge in [-0.2, -0.15) is 0 Å². The Balaban J connectivity index is 1.34. The van der Waals surface area contributed by atoms with E-state index >= 15 is 0 Å². The summed E-state index contributed by atoms with van der Waals surface area (Å²) in [6.45, 7) is 1.50. The second-order valence-electron chi connectivity index (χ2n) is 9.41. The van der Waals surface area contributed by atoms with E-state index in [1.54, 1.807) is 32.4 Å². The Bertz CT molecular complexity index is 1300. The van der Waals surface area contributed by atoms with Crippen LogP contribution in [-0.4, -0.2) is 48.6 Å². The van der Waals surface area contributed by atoms with Gasteiger partial charge in [0.1, 0.15) is 11.5 Å². The maximum atomic E-state index is 13.7. The Morgan fingerprint density at radius 1 is 1.00 bits per heavy atom. The minimum Gasteiger partial charge on any atom is -0.497 e. The maximum Gasteiger partial charge on any atom is 0.254 e. The molecule has 1 fully saturated rings. The van der Waals surface area contributed by atoms with Crippen LogP contribution >= 0.6 is 0 Å². The third kappa shape index (κ3) is 5.24. The SMILES string of the molecule is COc1cc(OC)cc(C(=O)N2CC[C@H](NCc3c[nH]c4ccccc34)C[C@H]2Cc2ccccc2)c1. The summed E-state index contributed by atoms with van der Waals surface area (Å²) in [5.74, 6) is 1.25. The largest absolute Gasteiger partial charge is 0.497 e. The molecule has 0 saturated carbocycles. The van der Waals surface area contributed by atoms with Crippen molar-refractivity contribution in [2.75, 3.05) is 20.8 Å². The number of piperidine rings is 1. The first-order valence-corrected chi connectivity index (χ1v) is 12.5. The zero-order valence-electron chi connectivity index (χ0n) is 20.9. The summed E-state index contributed by atoms with van der Waals surface area (Å²) in [4.78, 5) is 19.1. The number of nitrogens with one attached hydrogen (secondary N) is 2. The van der Waals surface area contributed by atoms with Gasteiger partial charge < -0.3 is 24.7 Å². The van der Waals surface area contributed by atoms with E-state index in [9.17, 15) is 4.79 Å². The Hall–Kier alpha value is -3.77. The molecule has 1 aromatic heterocycles. The number of rotatable bonds is 8. The summed E-state index contributed by atoms with van der Waals surface area (Å²) >= 11 is 0. The molecule has 4 aromatic rings. The minimum atomic E-state index is 0.0169. The van der Waals surface area contributed by atoms with E-state index in [1.807, 2.05) is 11.0 Å². The zero-order valence-corrected chi connectivity index (χ0v) is 20.9. The van der Waals surface area contributed by atoms with E-state index < -0.39 is 0 Å². The van der Waals surface area contributed by atoms with Crippen molar-refractivity contribution in [2.24, 2.45) is 0 Å². The Kier molecular flexibility index (Phi) is 7.23. The topological polar surface area (TPSA) is 66.6 Å². The molecule has 2 atom stereocenters. The van der Waals surface area contributed by atoms with Gasteiger partial charge >= 0.3 is 0 Å². The summed E-state index contributed by atoms with van der Waals surface area (Å²) in [5, 5.41) is 5.02. The third-order valence-electron chi connectivity index (χ3n) is 7.15. The van der Waals surface area contributed by atoms with Crippen molar-refractivity contribution in [3.8, 4) is 11.5 Å². The number of carbonyl (C=O) groups is 1. The number of hydrogen-bond donors (Lipinski definition) is 2. The highest BCUT2D eigenvalue weighted by molar-refractivity contribution is 5.95. The molecule has 0 aliphatic carbocycles. The van der Waals surface area contributed by atoms with Crippen LogP contribution in [0.1, 0.15) is 34.3 Å². The van der Waals surface area contributed by atoms with Crippen LogP contribution in [0.3, 0.4) is 0 Å². The van der Waals surface area contributed by atoms with Crippen LogP contribution in [0.2, 0.25) is 0 Å². The van der Waals surface area contributed by atoms with Crippen molar-refractivity contribution in [2.45, 2.75) is 37.9 Å². The number of aromatic nitrogens is 1. The number of methoxy groups -OCH3 is 2. The molecule has 1 amide bonds. The quantitative estimate of drug-likeness (QED) is 0.362. The van der Waals surface area contributed by atoms with Gasteiger partial charge in [-0.05, 0) is 48.6 Å². The molecule has 0 bridgehead atoms. The lowest BCUT2D eigenvalue weighted by Gasteiger charge is -2.40. The van der Waals surface area contributed by atoms with E-state index in [0.29, 0.717) is 29.6 Å². The van der Waals surface area contributed by atoms with Crippen molar-refractivity contribution >= 4 is 16.8 Å². The first-order chi connectivity index (χ1) is 17.6. The van der Waals surface area contributed by atoms with Crippen LogP contribution in [0, 0.1) is 0 Å². The summed E-state index contributed by atoms with van der Waals surface area (Å²) in [6.07, 6.45) is 4.71. The average Bonchev–Trinajstić information content (AvgIpc) is 3.35. The van der Waals surface area contributed by atoms with Crippen molar-refractivity contribution in [1.29, 1.82) is 0 Å². The monoisotopic (exact) mass is 483 g/mol. The first kappa shape index (κ1) is 23.9. The second kappa shape index (κ2) is 10.9. The van der Waals surface area contributed by atoms with Crippen LogP contribution in [0.5, 0.6) is 11.5 Å². The molecular formula is C30H33N3O3. The lowest BCUT2D eigenvalue weighted by atomic mass is 9.91. The van der Waals surface area contributed by atoms with E-state index in [-0.39, 0.29) is 11.9 Å². The second-order valence-corrected chi connectivity index (χ2v) is 9.41. The summed E-state index contributed by atoms with van der Waals surface area (Å²) < 4.78 is 10.8. The van der Waals surface area contributed by atoms with E-state index in [1.165, 1.54) is 16.5 Å². The molecule has 1 aliphatic heterocycles. The van der Waals surface area contributed by atoms with E-state index in [2.05, 4.69) is 65.0 Å². The van der Waals surface area contributed by atoms with Crippen LogP contribution in [0.25, 0.3) is 10.9 Å². The number of ether oxygens (including phenoxy) is 2. The molecule has 5 rings (SSSR count). The molecule has 3 aromatic carbocycles. The predicted octanol–water partition coefficient (Wildman–Crippen LogP) is 5.19. The lowest BCUT2D eigenvalue weighted by molar-refractivity contribution is 0.0575. The van der Waals surface area contributed by atoms with Crippen LogP contribution < -0.4 is 14.8 Å². The number of carbonyl (C=O) groups excluding carboxylic acids is 1. The molecular weight excluding hydrogens is 450 g/mol. The Morgan fingerprint density at radius 2 is 1.72 bits per heavy atom. The fraction of sp³-hybridized carbons (Fsp3) is 0.300. The zero-order chi connectivity index (χ0) is 24.9. The smallest absolute Gasteiger partial charge is 0.254 e. The van der Waals surface area contributed by atoms with E-state index in [4.69, 9.17) is 9.47 Å². The van der Waals surface area contributed by atoms with Gasteiger partial charge in [0.25, 0.3) is 5.91 Å². The molecule has 36 heavy (non-hydrogen) atoms. The average molecular weight is 484 g/mol. The molecule has 6 nitrogen and oxygen atoms in total. The molecule has 0 radical (unpaired) electrons. The molecule has 0 unspecified atom stereocenters. The molecule has 2 N–H and O–H groups in total. The highest BCUT2D eigenvalue weighted by atomic mass is 16.5. The Morgan fingerprint density at radius 3 is 2.47 bits per heavy atom. The van der Waals surface area contributed by atoms with Crippen molar-refractivity contribution in [3.05, 3.63) is 95.7 Å². The standard InChI is InChI=1S/C30H33N3O3/c1-35-26-15-22(16-27(18-26)36-2)30(34)33-13-12-24(17-25(33)14-21-8-4-3-5-9-21)31-19-23-20-32-29-11-7-6-10-28(23)29/h3-11,15-16,18,20,24-25,31-32H,12-14,17,19H2,1-2H3/t24-,25+/m0/s1. The van der Waals surface area contributed by atoms with Gasteiger partial charge in [-0.25, -0.2) is 0 Å². The normalized spacial score (nSPS) is 17.8. The van der Waals surface area contributed by atoms with Crippen LogP contribution in [-0.2, 0) is 13.0 Å². The van der Waals surface area contributed by atoms with E-state index in [0.717, 1.165) is 31.3 Å². The lowest BCUT2D eigenvalue weighted by Crippen LogP contribution is -2.51. The van der Waals surface area contributed by atoms with Crippen molar-refractivity contribution in [1.82, 2.24) is 15.2 Å². The number of para-hydroxylation sites is 1. The first-order valence-electron chi connectivity index (χ1n) is 12.5. The highest BCUT2D eigenvalue weighted by Gasteiger charge is 2.32. The van der Waals surface area contributed by atoms with Gasteiger partial charge in [0.05, 0.1) is 14.2 Å². The van der Waals surface area contributed by atoms with Gasteiger partial charge in [-0.1, -0.05) is 48.5 Å². The predicted molar refractivity (Wildman–Crippen MR) is 143 cm³/mol. The number of benzene rings is 3. The molecule has 2 heterocycles. The van der Waals surface area contributed by atoms with Crippen LogP contribution in [0.4, 0.5) is 0 Å². The van der Waals surface area contributed by atoms with Gasteiger partial charge in [0, 0.05) is 53.9 Å².